The van der Waals surface area contributed by atoms with Gasteiger partial charge in [-0.15, -0.1) is 0 Å². The van der Waals surface area contributed by atoms with Gasteiger partial charge in [0.2, 0.25) is 0 Å². The van der Waals surface area contributed by atoms with E-state index in [1.54, 1.807) is 0 Å². The fourth-order valence-electron chi connectivity index (χ4n) is 2.16. The summed E-state index contributed by atoms with van der Waals surface area (Å²) in [4.78, 5) is 0. The van der Waals surface area contributed by atoms with Crippen molar-refractivity contribution < 1.29 is 0 Å². The Morgan fingerprint density at radius 2 is 2.00 bits per heavy atom. The molecule has 1 aromatic carbocycles. The van der Waals surface area contributed by atoms with E-state index in [2.05, 4.69) is 54.2 Å². The highest BCUT2D eigenvalue weighted by atomic mass is 15.0. The zero-order valence-electron chi connectivity index (χ0n) is 10.3. The normalized spacial score (nSPS) is 11.5. The number of aromatic nitrogens is 1. The number of likely N-dealkylation sites (N-methyl/N-ethyl adjacent to an activating group) is 1. The summed E-state index contributed by atoms with van der Waals surface area (Å²) in [6.45, 7) is 5.49. The molecule has 1 aromatic heterocycles. The molecule has 2 nitrogen and oxygen atoms in total. The maximum atomic E-state index is 3.21. The van der Waals surface area contributed by atoms with Gasteiger partial charge >= 0.3 is 0 Å². The van der Waals surface area contributed by atoms with Crippen LogP contribution in [0.3, 0.4) is 0 Å². The summed E-state index contributed by atoms with van der Waals surface area (Å²) >= 11 is 0. The van der Waals surface area contributed by atoms with Gasteiger partial charge in [-0.2, -0.15) is 0 Å². The Hall–Kier alpha value is -1.28. The average Bonchev–Trinajstić information content (AvgIpc) is 2.65. The van der Waals surface area contributed by atoms with Crippen LogP contribution in [0.2, 0.25) is 0 Å². The van der Waals surface area contributed by atoms with Crippen molar-refractivity contribution in [2.75, 3.05) is 13.6 Å². The minimum absolute atomic E-state index is 0.522. The Kier molecular flexibility index (Phi) is 3.30. The van der Waals surface area contributed by atoms with Gasteiger partial charge in [0.25, 0.3) is 0 Å². The first-order valence-electron chi connectivity index (χ1n) is 5.97. The molecule has 2 rings (SSSR count). The first kappa shape index (κ1) is 11.2. The third kappa shape index (κ3) is 1.98. The van der Waals surface area contributed by atoms with Crippen LogP contribution < -0.4 is 5.32 Å². The first-order valence-corrected chi connectivity index (χ1v) is 5.97. The van der Waals surface area contributed by atoms with Crippen LogP contribution in [0.5, 0.6) is 0 Å². The number of nitrogens with zero attached hydrogens (tertiary/aromatic N) is 1. The van der Waals surface area contributed by atoms with Crippen LogP contribution in [0.1, 0.15) is 25.5 Å². The third-order valence-corrected chi connectivity index (χ3v) is 3.02. The molecule has 0 aliphatic rings. The molecular formula is C14H20N2. The molecule has 86 valence electrons. The van der Waals surface area contributed by atoms with Gasteiger partial charge in [0, 0.05) is 23.1 Å². The molecule has 0 aliphatic carbocycles. The minimum atomic E-state index is 0.522. The molecule has 1 N–H and O–H groups in total. The smallest absolute Gasteiger partial charge is 0.0485 e. The van der Waals surface area contributed by atoms with Crippen LogP contribution in [0.4, 0.5) is 0 Å². The molecular weight excluding hydrogens is 196 g/mol. The number of hydrogen-bond acceptors (Lipinski definition) is 1. The van der Waals surface area contributed by atoms with E-state index in [9.17, 15) is 0 Å². The van der Waals surface area contributed by atoms with Crippen LogP contribution in [-0.2, 0) is 6.42 Å². The molecule has 2 heteroatoms. The summed E-state index contributed by atoms with van der Waals surface area (Å²) in [7, 11) is 2.00. The summed E-state index contributed by atoms with van der Waals surface area (Å²) in [5.41, 5.74) is 2.79. The number of rotatable bonds is 4. The number of hydrogen-bond donors (Lipinski definition) is 1. The van der Waals surface area contributed by atoms with E-state index < -0.39 is 0 Å². The standard InChI is InChI=1S/C14H20N2/c1-11(2)16-10-12(8-9-15-3)13-6-4-5-7-14(13)16/h4-7,10-11,15H,8-9H2,1-3H3. The van der Waals surface area contributed by atoms with E-state index in [1.165, 1.54) is 16.5 Å². The topological polar surface area (TPSA) is 17.0 Å². The highest BCUT2D eigenvalue weighted by molar-refractivity contribution is 5.84. The number of fused-ring (bicyclic) bond motifs is 1. The molecule has 0 radical (unpaired) electrons. The zero-order valence-corrected chi connectivity index (χ0v) is 10.3. The van der Waals surface area contributed by atoms with Gasteiger partial charge < -0.3 is 9.88 Å². The van der Waals surface area contributed by atoms with Crippen LogP contribution >= 0.6 is 0 Å². The summed E-state index contributed by atoms with van der Waals surface area (Å²) in [6, 6.07) is 9.18. The third-order valence-electron chi connectivity index (χ3n) is 3.02. The van der Waals surface area contributed by atoms with E-state index in [0.29, 0.717) is 6.04 Å². The lowest BCUT2D eigenvalue weighted by molar-refractivity contribution is 0.620. The van der Waals surface area contributed by atoms with Crippen molar-refractivity contribution in [3.8, 4) is 0 Å². The number of para-hydroxylation sites is 1. The molecule has 0 saturated heterocycles. The average molecular weight is 216 g/mol. The van der Waals surface area contributed by atoms with Gasteiger partial charge in [-0.1, -0.05) is 18.2 Å². The SMILES string of the molecule is CNCCc1cn(C(C)C)c2ccccc12. The van der Waals surface area contributed by atoms with Crippen molar-refractivity contribution >= 4 is 10.9 Å². The predicted octanol–water partition coefficient (Wildman–Crippen LogP) is 2.98. The lowest BCUT2D eigenvalue weighted by Crippen LogP contribution is -2.10. The Morgan fingerprint density at radius 3 is 2.69 bits per heavy atom. The Bertz CT molecular complexity index is 469. The van der Waals surface area contributed by atoms with E-state index in [4.69, 9.17) is 0 Å². The second-order valence-corrected chi connectivity index (χ2v) is 4.53. The fourth-order valence-corrected chi connectivity index (χ4v) is 2.16. The molecule has 0 amide bonds. The largest absolute Gasteiger partial charge is 0.345 e. The van der Waals surface area contributed by atoms with Crippen LogP contribution in [0.15, 0.2) is 30.5 Å². The zero-order chi connectivity index (χ0) is 11.5. The maximum absolute atomic E-state index is 3.21. The summed E-state index contributed by atoms with van der Waals surface area (Å²) in [5.74, 6) is 0. The maximum Gasteiger partial charge on any atom is 0.0485 e. The molecule has 0 aliphatic heterocycles. The second-order valence-electron chi connectivity index (χ2n) is 4.53. The van der Waals surface area contributed by atoms with Gasteiger partial charge in [-0.3, -0.25) is 0 Å². The quantitative estimate of drug-likeness (QED) is 0.831. The Morgan fingerprint density at radius 1 is 1.25 bits per heavy atom. The van der Waals surface area contributed by atoms with Crippen molar-refractivity contribution in [3.05, 3.63) is 36.0 Å². The summed E-state index contributed by atoms with van der Waals surface area (Å²) in [6.07, 6.45) is 3.39. The predicted molar refractivity (Wildman–Crippen MR) is 70.0 cm³/mol. The van der Waals surface area contributed by atoms with Crippen molar-refractivity contribution in [3.63, 3.8) is 0 Å². The lowest BCUT2D eigenvalue weighted by atomic mass is 10.1. The fraction of sp³-hybridized carbons (Fsp3) is 0.429. The molecule has 0 atom stereocenters. The highest BCUT2D eigenvalue weighted by Gasteiger charge is 2.08. The molecule has 1 heterocycles. The van der Waals surface area contributed by atoms with Crippen LogP contribution in [-0.4, -0.2) is 18.2 Å². The van der Waals surface area contributed by atoms with Crippen molar-refractivity contribution in [1.29, 1.82) is 0 Å². The van der Waals surface area contributed by atoms with E-state index in [-0.39, 0.29) is 0 Å². The van der Waals surface area contributed by atoms with Gasteiger partial charge in [-0.25, -0.2) is 0 Å². The minimum Gasteiger partial charge on any atom is -0.345 e. The lowest BCUT2D eigenvalue weighted by Gasteiger charge is -2.08. The molecule has 0 saturated carbocycles. The number of nitrogens with one attached hydrogen (secondary N) is 1. The summed E-state index contributed by atoms with van der Waals surface area (Å²) < 4.78 is 2.36. The van der Waals surface area contributed by atoms with Crippen LogP contribution in [0, 0.1) is 0 Å². The highest BCUT2D eigenvalue weighted by Crippen LogP contribution is 2.24. The molecule has 0 spiro atoms. The van der Waals surface area contributed by atoms with Gasteiger partial charge in [0.05, 0.1) is 0 Å². The van der Waals surface area contributed by atoms with Crippen molar-refractivity contribution in [1.82, 2.24) is 9.88 Å². The van der Waals surface area contributed by atoms with Crippen LogP contribution in [0.25, 0.3) is 10.9 Å². The molecule has 0 fully saturated rings. The molecule has 2 aromatic rings. The van der Waals surface area contributed by atoms with E-state index in [0.717, 1.165) is 13.0 Å². The Labute approximate surface area is 97.3 Å². The Balaban J connectivity index is 2.49. The van der Waals surface area contributed by atoms with Crippen molar-refractivity contribution in [2.45, 2.75) is 26.3 Å². The van der Waals surface area contributed by atoms with Gasteiger partial charge in [0.1, 0.15) is 0 Å². The second kappa shape index (κ2) is 4.71. The number of benzene rings is 1. The molecule has 0 unspecified atom stereocenters. The van der Waals surface area contributed by atoms with Gasteiger partial charge in [0.15, 0.2) is 0 Å². The van der Waals surface area contributed by atoms with E-state index in [1.807, 2.05) is 7.05 Å². The van der Waals surface area contributed by atoms with Crippen molar-refractivity contribution in [2.24, 2.45) is 0 Å². The monoisotopic (exact) mass is 216 g/mol. The molecule has 0 bridgehead atoms. The summed E-state index contributed by atoms with van der Waals surface area (Å²) in [5, 5.41) is 4.60. The van der Waals surface area contributed by atoms with E-state index >= 15 is 0 Å². The first-order chi connectivity index (χ1) is 7.74. The van der Waals surface area contributed by atoms with Gasteiger partial charge in [-0.05, 0) is 45.5 Å². The molecule has 16 heavy (non-hydrogen) atoms.